The summed E-state index contributed by atoms with van der Waals surface area (Å²) < 4.78 is 0. The maximum absolute atomic E-state index is 11.1. The Balaban J connectivity index is 2.13. The van der Waals surface area contributed by atoms with Crippen molar-refractivity contribution in [3.05, 3.63) is 54.5 Å². The van der Waals surface area contributed by atoms with E-state index in [1.54, 1.807) is 12.3 Å². The van der Waals surface area contributed by atoms with Gasteiger partial charge in [-0.25, -0.2) is 0 Å². The first-order chi connectivity index (χ1) is 8.74. The van der Waals surface area contributed by atoms with Crippen molar-refractivity contribution in [2.45, 2.75) is 0 Å². The first-order valence-corrected chi connectivity index (χ1v) is 5.56. The highest BCUT2D eigenvalue weighted by molar-refractivity contribution is 5.94. The third kappa shape index (κ3) is 1.73. The third-order valence-corrected chi connectivity index (χ3v) is 2.91. The van der Waals surface area contributed by atoms with Crippen LogP contribution < -0.4 is 5.73 Å². The van der Waals surface area contributed by atoms with Crippen molar-refractivity contribution >= 4 is 16.8 Å². The quantitative estimate of drug-likeness (QED) is 0.718. The van der Waals surface area contributed by atoms with Gasteiger partial charge in [-0.05, 0) is 35.2 Å². The summed E-state index contributed by atoms with van der Waals surface area (Å²) in [6.07, 6.45) is 5.09. The lowest BCUT2D eigenvalue weighted by atomic mass is 10.0. The summed E-state index contributed by atoms with van der Waals surface area (Å²) in [7, 11) is 0. The van der Waals surface area contributed by atoms with Crippen LogP contribution in [0.25, 0.3) is 22.0 Å². The van der Waals surface area contributed by atoms with Gasteiger partial charge in [0, 0.05) is 29.7 Å². The number of aromatic amines is 1. The third-order valence-electron chi connectivity index (χ3n) is 2.91. The minimum atomic E-state index is -0.466. The summed E-state index contributed by atoms with van der Waals surface area (Å²) in [6, 6.07) is 9.79. The molecule has 0 atom stereocenters. The number of nitrogens with one attached hydrogen (secondary N) is 1. The van der Waals surface area contributed by atoms with Crippen LogP contribution in [0.4, 0.5) is 0 Å². The van der Waals surface area contributed by atoms with Crippen LogP contribution in [0.2, 0.25) is 0 Å². The monoisotopic (exact) mass is 237 g/mol. The Labute approximate surface area is 103 Å². The molecule has 0 saturated carbocycles. The molecule has 4 heteroatoms. The van der Waals surface area contributed by atoms with Crippen LogP contribution in [0.3, 0.4) is 0 Å². The Hall–Kier alpha value is -2.62. The SMILES string of the molecule is NC(=O)c1cncc(-c2ccc3[nH]ccc3c2)c1. The van der Waals surface area contributed by atoms with E-state index in [0.29, 0.717) is 5.56 Å². The number of carbonyl (C=O) groups is 1. The van der Waals surface area contributed by atoms with Crippen LogP contribution >= 0.6 is 0 Å². The molecule has 0 spiro atoms. The molecule has 0 bridgehead atoms. The molecule has 0 aliphatic heterocycles. The number of primary amides is 1. The summed E-state index contributed by atoms with van der Waals surface area (Å²) in [5, 5.41) is 1.12. The first kappa shape index (κ1) is 10.5. The average Bonchev–Trinajstić information content (AvgIpc) is 2.86. The molecule has 0 fully saturated rings. The predicted molar refractivity (Wildman–Crippen MR) is 70.0 cm³/mol. The van der Waals surface area contributed by atoms with Gasteiger partial charge < -0.3 is 10.7 Å². The highest BCUT2D eigenvalue weighted by Crippen LogP contribution is 2.23. The molecule has 88 valence electrons. The van der Waals surface area contributed by atoms with Crippen molar-refractivity contribution < 1.29 is 4.79 Å². The maximum Gasteiger partial charge on any atom is 0.250 e. The molecule has 3 N–H and O–H groups in total. The number of nitrogens with two attached hydrogens (primary N) is 1. The highest BCUT2D eigenvalue weighted by atomic mass is 16.1. The number of pyridine rings is 1. The Kier molecular flexibility index (Phi) is 2.34. The molecule has 0 radical (unpaired) electrons. The van der Waals surface area contributed by atoms with E-state index < -0.39 is 5.91 Å². The Morgan fingerprint density at radius 1 is 1.11 bits per heavy atom. The van der Waals surface area contributed by atoms with Gasteiger partial charge in [-0.1, -0.05) is 6.07 Å². The molecule has 0 aliphatic carbocycles. The molecule has 2 heterocycles. The normalized spacial score (nSPS) is 10.7. The van der Waals surface area contributed by atoms with E-state index in [4.69, 9.17) is 5.73 Å². The van der Waals surface area contributed by atoms with Crippen molar-refractivity contribution in [1.29, 1.82) is 0 Å². The van der Waals surface area contributed by atoms with E-state index in [1.165, 1.54) is 6.20 Å². The number of aromatic nitrogens is 2. The zero-order chi connectivity index (χ0) is 12.5. The highest BCUT2D eigenvalue weighted by Gasteiger charge is 2.05. The molecule has 0 unspecified atom stereocenters. The number of benzene rings is 1. The van der Waals surface area contributed by atoms with Crippen molar-refractivity contribution in [2.24, 2.45) is 5.73 Å². The summed E-state index contributed by atoms with van der Waals surface area (Å²) in [6.45, 7) is 0. The van der Waals surface area contributed by atoms with E-state index in [2.05, 4.69) is 9.97 Å². The van der Waals surface area contributed by atoms with Crippen molar-refractivity contribution in [3.63, 3.8) is 0 Å². The summed E-state index contributed by atoms with van der Waals surface area (Å²) in [5.74, 6) is -0.466. The summed E-state index contributed by atoms with van der Waals surface area (Å²) in [5.41, 5.74) is 8.65. The van der Waals surface area contributed by atoms with Crippen LogP contribution in [0.1, 0.15) is 10.4 Å². The van der Waals surface area contributed by atoms with E-state index in [9.17, 15) is 4.79 Å². The van der Waals surface area contributed by atoms with E-state index in [-0.39, 0.29) is 0 Å². The number of hydrogen-bond donors (Lipinski definition) is 2. The van der Waals surface area contributed by atoms with E-state index in [0.717, 1.165) is 22.0 Å². The van der Waals surface area contributed by atoms with Crippen molar-refractivity contribution in [3.8, 4) is 11.1 Å². The zero-order valence-corrected chi connectivity index (χ0v) is 9.55. The zero-order valence-electron chi connectivity index (χ0n) is 9.55. The summed E-state index contributed by atoms with van der Waals surface area (Å²) in [4.78, 5) is 18.3. The lowest BCUT2D eigenvalue weighted by Gasteiger charge is -2.03. The fourth-order valence-electron chi connectivity index (χ4n) is 1.97. The van der Waals surface area contributed by atoms with Gasteiger partial charge in [0.25, 0.3) is 0 Å². The van der Waals surface area contributed by atoms with Crippen LogP contribution in [0.5, 0.6) is 0 Å². The van der Waals surface area contributed by atoms with Crippen LogP contribution in [0, 0.1) is 0 Å². The molecule has 2 aromatic heterocycles. The minimum absolute atomic E-state index is 0.418. The smallest absolute Gasteiger partial charge is 0.250 e. The molecule has 0 aliphatic rings. The fourth-order valence-corrected chi connectivity index (χ4v) is 1.97. The van der Waals surface area contributed by atoms with Gasteiger partial charge in [0.1, 0.15) is 0 Å². The predicted octanol–water partition coefficient (Wildman–Crippen LogP) is 2.33. The second kappa shape index (κ2) is 4.00. The average molecular weight is 237 g/mol. The Morgan fingerprint density at radius 3 is 2.83 bits per heavy atom. The van der Waals surface area contributed by atoms with Crippen molar-refractivity contribution in [2.75, 3.05) is 0 Å². The molecular weight excluding hydrogens is 226 g/mol. The van der Waals surface area contributed by atoms with Gasteiger partial charge in [-0.3, -0.25) is 9.78 Å². The number of rotatable bonds is 2. The molecule has 3 aromatic rings. The lowest BCUT2D eigenvalue weighted by molar-refractivity contribution is 0.1000. The molecule has 1 aromatic carbocycles. The molecule has 0 saturated heterocycles. The topological polar surface area (TPSA) is 71.8 Å². The Morgan fingerprint density at radius 2 is 2.00 bits per heavy atom. The molecule has 18 heavy (non-hydrogen) atoms. The van der Waals surface area contributed by atoms with Gasteiger partial charge in [0.05, 0.1) is 5.56 Å². The second-order valence-electron chi connectivity index (χ2n) is 4.11. The maximum atomic E-state index is 11.1. The number of carbonyl (C=O) groups excluding carboxylic acids is 1. The fraction of sp³-hybridized carbons (Fsp3) is 0. The molecular formula is C14H11N3O. The van der Waals surface area contributed by atoms with Gasteiger partial charge in [0.2, 0.25) is 5.91 Å². The van der Waals surface area contributed by atoms with E-state index >= 15 is 0 Å². The number of H-pyrrole nitrogens is 1. The lowest BCUT2D eigenvalue weighted by Crippen LogP contribution is -2.11. The standard InChI is InChI=1S/C14H11N3O/c15-14(18)12-6-11(7-16-8-12)9-1-2-13-10(5-9)3-4-17-13/h1-8,17H,(H2,15,18). The van der Waals surface area contributed by atoms with Gasteiger partial charge in [0.15, 0.2) is 0 Å². The second-order valence-corrected chi connectivity index (χ2v) is 4.11. The molecule has 3 rings (SSSR count). The van der Waals surface area contributed by atoms with Crippen molar-refractivity contribution in [1.82, 2.24) is 9.97 Å². The van der Waals surface area contributed by atoms with Crippen LogP contribution in [-0.4, -0.2) is 15.9 Å². The van der Waals surface area contributed by atoms with Crippen LogP contribution in [-0.2, 0) is 0 Å². The summed E-state index contributed by atoms with van der Waals surface area (Å²) >= 11 is 0. The number of amides is 1. The number of nitrogens with zero attached hydrogens (tertiary/aromatic N) is 1. The molecule has 1 amide bonds. The van der Waals surface area contributed by atoms with E-state index in [1.807, 2.05) is 30.5 Å². The number of hydrogen-bond acceptors (Lipinski definition) is 2. The minimum Gasteiger partial charge on any atom is -0.366 e. The number of fused-ring (bicyclic) bond motifs is 1. The van der Waals surface area contributed by atoms with Gasteiger partial charge in [-0.15, -0.1) is 0 Å². The largest absolute Gasteiger partial charge is 0.366 e. The van der Waals surface area contributed by atoms with Gasteiger partial charge >= 0.3 is 0 Å². The van der Waals surface area contributed by atoms with Crippen LogP contribution in [0.15, 0.2) is 48.9 Å². The first-order valence-electron chi connectivity index (χ1n) is 5.56. The molecule has 4 nitrogen and oxygen atoms in total. The Bertz CT molecular complexity index is 730. The van der Waals surface area contributed by atoms with Gasteiger partial charge in [-0.2, -0.15) is 0 Å².